The molecule has 5 nitrogen and oxygen atoms in total. The monoisotopic (exact) mass is 250 g/mol. The van der Waals surface area contributed by atoms with Crippen molar-refractivity contribution in [3.05, 3.63) is 35.4 Å². The van der Waals surface area contributed by atoms with E-state index in [0.29, 0.717) is 11.1 Å². The normalized spacial score (nSPS) is 15.0. The Morgan fingerprint density at radius 1 is 1.17 bits per heavy atom. The Balaban J connectivity index is 0.000000771. The topological polar surface area (TPSA) is 83.6 Å². The first-order valence-electron chi connectivity index (χ1n) is 5.97. The molecule has 0 saturated heterocycles. The van der Waals surface area contributed by atoms with Crippen molar-refractivity contribution in [2.75, 3.05) is 13.2 Å². The molecule has 1 aliphatic heterocycles. The summed E-state index contributed by atoms with van der Waals surface area (Å²) in [5, 5.41) is 8.81. The Morgan fingerprint density at radius 3 is 2.00 bits per heavy atom. The van der Waals surface area contributed by atoms with Gasteiger partial charge in [0.1, 0.15) is 0 Å². The van der Waals surface area contributed by atoms with Gasteiger partial charge in [-0.3, -0.25) is 14.5 Å². The largest absolute Gasteiger partial charge is 0.395 e. The van der Waals surface area contributed by atoms with E-state index < -0.39 is 6.04 Å². The van der Waals surface area contributed by atoms with E-state index in [1.807, 2.05) is 13.8 Å². The zero-order chi connectivity index (χ0) is 13.7. The molecule has 0 aliphatic carbocycles. The number of aliphatic hydroxyl groups excluding tert-OH is 1. The molecule has 0 fully saturated rings. The number of aliphatic hydroxyl groups is 1. The molecule has 5 heteroatoms. The van der Waals surface area contributed by atoms with Crippen LogP contribution in [0.2, 0.25) is 0 Å². The highest BCUT2D eigenvalue weighted by molar-refractivity contribution is 6.21. The maximum atomic E-state index is 11.8. The standard InChI is InChI=1S/C11H12N2O3.C2H6/c12-7(6-14)5-13-10(15)8-3-1-2-4-9(8)11(13)16;1-2/h1-4,7,14H,5-6,12H2;1-2H3. The summed E-state index contributed by atoms with van der Waals surface area (Å²) in [5.74, 6) is -0.686. The lowest BCUT2D eigenvalue weighted by molar-refractivity contribution is 0.0633. The SMILES string of the molecule is CC.NC(CO)CN1C(=O)c2ccccc2C1=O. The Hall–Kier alpha value is -1.72. The van der Waals surface area contributed by atoms with Gasteiger partial charge < -0.3 is 10.8 Å². The van der Waals surface area contributed by atoms with Crippen LogP contribution in [0.15, 0.2) is 24.3 Å². The molecule has 1 aromatic carbocycles. The summed E-state index contributed by atoms with van der Waals surface area (Å²) in [6.45, 7) is 3.79. The molecule has 98 valence electrons. The van der Waals surface area contributed by atoms with Gasteiger partial charge in [0.05, 0.1) is 17.7 Å². The van der Waals surface area contributed by atoms with Gasteiger partial charge in [-0.1, -0.05) is 26.0 Å². The molecular formula is C13H18N2O3. The number of fused-ring (bicyclic) bond motifs is 1. The van der Waals surface area contributed by atoms with Crippen LogP contribution in [0.1, 0.15) is 34.6 Å². The quantitative estimate of drug-likeness (QED) is 0.771. The van der Waals surface area contributed by atoms with E-state index in [1.165, 1.54) is 0 Å². The van der Waals surface area contributed by atoms with Crippen molar-refractivity contribution in [1.82, 2.24) is 4.90 Å². The van der Waals surface area contributed by atoms with Gasteiger partial charge in [0.25, 0.3) is 11.8 Å². The second kappa shape index (κ2) is 6.28. The van der Waals surface area contributed by atoms with Gasteiger partial charge in [-0.05, 0) is 12.1 Å². The maximum absolute atomic E-state index is 11.8. The Morgan fingerprint density at radius 2 is 1.61 bits per heavy atom. The van der Waals surface area contributed by atoms with Crippen molar-refractivity contribution in [3.63, 3.8) is 0 Å². The number of benzene rings is 1. The zero-order valence-corrected chi connectivity index (χ0v) is 10.6. The summed E-state index contributed by atoms with van der Waals surface area (Å²) in [4.78, 5) is 24.7. The first kappa shape index (κ1) is 14.3. The van der Waals surface area contributed by atoms with Gasteiger partial charge in [0.15, 0.2) is 0 Å². The Labute approximate surface area is 106 Å². The molecule has 1 atom stereocenters. The van der Waals surface area contributed by atoms with E-state index in [4.69, 9.17) is 10.8 Å². The summed E-state index contributed by atoms with van der Waals surface area (Å²) in [6.07, 6.45) is 0. The van der Waals surface area contributed by atoms with E-state index in [-0.39, 0.29) is 25.0 Å². The summed E-state index contributed by atoms with van der Waals surface area (Å²) >= 11 is 0. The third-order valence-corrected chi connectivity index (χ3v) is 2.53. The molecule has 2 rings (SSSR count). The van der Waals surface area contributed by atoms with Crippen LogP contribution in [0.3, 0.4) is 0 Å². The highest BCUT2D eigenvalue weighted by Crippen LogP contribution is 2.22. The fourth-order valence-electron chi connectivity index (χ4n) is 1.70. The smallest absolute Gasteiger partial charge is 0.261 e. The second-order valence-electron chi connectivity index (χ2n) is 3.71. The van der Waals surface area contributed by atoms with Crippen LogP contribution in [0, 0.1) is 0 Å². The van der Waals surface area contributed by atoms with Crippen molar-refractivity contribution in [1.29, 1.82) is 0 Å². The molecule has 0 saturated carbocycles. The first-order chi connectivity index (χ1) is 8.65. The van der Waals surface area contributed by atoms with Crippen molar-refractivity contribution in [3.8, 4) is 0 Å². The van der Waals surface area contributed by atoms with Crippen LogP contribution in [0.5, 0.6) is 0 Å². The number of carbonyl (C=O) groups excluding carboxylic acids is 2. The number of rotatable bonds is 3. The summed E-state index contributed by atoms with van der Waals surface area (Å²) in [5.41, 5.74) is 6.32. The molecule has 0 spiro atoms. The van der Waals surface area contributed by atoms with E-state index in [0.717, 1.165) is 4.90 Å². The predicted octanol–water partition coefficient (Wildman–Crippen LogP) is 0.628. The number of amides is 2. The van der Waals surface area contributed by atoms with E-state index >= 15 is 0 Å². The predicted molar refractivity (Wildman–Crippen MR) is 68.2 cm³/mol. The fourth-order valence-corrected chi connectivity index (χ4v) is 1.70. The van der Waals surface area contributed by atoms with Crippen molar-refractivity contribution >= 4 is 11.8 Å². The van der Waals surface area contributed by atoms with Gasteiger partial charge in [0.2, 0.25) is 0 Å². The first-order valence-corrected chi connectivity index (χ1v) is 5.97. The van der Waals surface area contributed by atoms with Gasteiger partial charge in [0, 0.05) is 12.6 Å². The lowest BCUT2D eigenvalue weighted by Crippen LogP contribution is -2.42. The maximum Gasteiger partial charge on any atom is 0.261 e. The Bertz CT molecular complexity index is 411. The molecule has 0 radical (unpaired) electrons. The highest BCUT2D eigenvalue weighted by atomic mass is 16.3. The summed E-state index contributed by atoms with van der Waals surface area (Å²) < 4.78 is 0. The van der Waals surface area contributed by atoms with E-state index in [1.54, 1.807) is 24.3 Å². The van der Waals surface area contributed by atoms with Crippen LogP contribution in [-0.4, -0.2) is 41.0 Å². The molecule has 3 N–H and O–H groups in total. The molecule has 0 bridgehead atoms. The average Bonchev–Trinajstić information content (AvgIpc) is 2.66. The third-order valence-electron chi connectivity index (χ3n) is 2.53. The minimum atomic E-state index is -0.595. The molecule has 18 heavy (non-hydrogen) atoms. The fraction of sp³-hybridized carbons (Fsp3) is 0.385. The molecule has 1 unspecified atom stereocenters. The van der Waals surface area contributed by atoms with E-state index in [2.05, 4.69) is 0 Å². The lowest BCUT2D eigenvalue weighted by Gasteiger charge is -2.17. The van der Waals surface area contributed by atoms with Crippen LogP contribution < -0.4 is 5.73 Å². The van der Waals surface area contributed by atoms with Crippen LogP contribution in [0.25, 0.3) is 0 Å². The van der Waals surface area contributed by atoms with Crippen molar-refractivity contribution in [2.45, 2.75) is 19.9 Å². The minimum Gasteiger partial charge on any atom is -0.395 e. The van der Waals surface area contributed by atoms with Crippen LogP contribution in [0.4, 0.5) is 0 Å². The average molecular weight is 250 g/mol. The number of imide groups is 1. The van der Waals surface area contributed by atoms with Gasteiger partial charge >= 0.3 is 0 Å². The molecule has 2 amide bonds. The number of hydrogen-bond donors (Lipinski definition) is 2. The van der Waals surface area contributed by atoms with Gasteiger partial charge in [-0.25, -0.2) is 0 Å². The third kappa shape index (κ3) is 2.57. The Kier molecular flexibility index (Phi) is 5.00. The molecule has 1 heterocycles. The number of carbonyl (C=O) groups is 2. The minimum absolute atomic E-state index is 0.0445. The molecular weight excluding hydrogens is 232 g/mol. The van der Waals surface area contributed by atoms with Crippen LogP contribution in [-0.2, 0) is 0 Å². The molecule has 1 aromatic rings. The summed E-state index contributed by atoms with van der Waals surface area (Å²) in [7, 11) is 0. The highest BCUT2D eigenvalue weighted by Gasteiger charge is 2.35. The number of nitrogens with two attached hydrogens (primary N) is 1. The van der Waals surface area contributed by atoms with Gasteiger partial charge in [-0.15, -0.1) is 0 Å². The van der Waals surface area contributed by atoms with Crippen molar-refractivity contribution < 1.29 is 14.7 Å². The lowest BCUT2D eigenvalue weighted by atomic mass is 10.1. The summed E-state index contributed by atoms with van der Waals surface area (Å²) in [6, 6.07) is 6.04. The second-order valence-corrected chi connectivity index (χ2v) is 3.71. The van der Waals surface area contributed by atoms with E-state index in [9.17, 15) is 9.59 Å². The zero-order valence-electron chi connectivity index (χ0n) is 10.6. The number of hydrogen-bond acceptors (Lipinski definition) is 4. The van der Waals surface area contributed by atoms with Gasteiger partial charge in [-0.2, -0.15) is 0 Å². The van der Waals surface area contributed by atoms with Crippen molar-refractivity contribution in [2.24, 2.45) is 5.73 Å². The van der Waals surface area contributed by atoms with Crippen LogP contribution >= 0.6 is 0 Å². The number of nitrogens with zero attached hydrogens (tertiary/aromatic N) is 1. The molecule has 1 aliphatic rings. The molecule has 0 aromatic heterocycles.